The molecule has 174 valence electrons. The first kappa shape index (κ1) is 22.0. The number of fused-ring (bicyclic) bond motifs is 2. The van der Waals surface area contributed by atoms with Crippen molar-refractivity contribution in [2.45, 2.75) is 54.3 Å². The van der Waals surface area contributed by atoms with Gasteiger partial charge in [-0.3, -0.25) is 4.79 Å². The zero-order valence-electron chi connectivity index (χ0n) is 17.8. The van der Waals surface area contributed by atoms with Gasteiger partial charge in [-0.2, -0.15) is 18.3 Å². The predicted molar refractivity (Wildman–Crippen MR) is 116 cm³/mol. The SMILES string of the molecule is COC(=O)C1CCC(c2nc(C3Cc4cccc(C(F)(F)F)c4S3)c3c(N)ncnn23)CC1. The van der Waals surface area contributed by atoms with Gasteiger partial charge in [-0.05, 0) is 43.7 Å². The van der Waals surface area contributed by atoms with E-state index < -0.39 is 11.7 Å². The number of nitrogens with zero attached hydrogens (tertiary/aromatic N) is 4. The Morgan fingerprint density at radius 2 is 2.00 bits per heavy atom. The number of anilines is 1. The lowest BCUT2D eigenvalue weighted by atomic mass is 9.81. The molecule has 0 bridgehead atoms. The molecule has 5 rings (SSSR count). The maximum absolute atomic E-state index is 13.5. The first-order valence-electron chi connectivity index (χ1n) is 10.7. The van der Waals surface area contributed by atoms with E-state index in [1.54, 1.807) is 10.6 Å². The van der Waals surface area contributed by atoms with Gasteiger partial charge in [-0.25, -0.2) is 14.5 Å². The number of aromatic nitrogens is 4. The summed E-state index contributed by atoms with van der Waals surface area (Å²) in [5.74, 6) is 0.687. The lowest BCUT2D eigenvalue weighted by Crippen LogP contribution is -2.23. The minimum Gasteiger partial charge on any atom is -0.469 e. The van der Waals surface area contributed by atoms with Crippen molar-refractivity contribution < 1.29 is 22.7 Å². The van der Waals surface area contributed by atoms with Crippen LogP contribution >= 0.6 is 11.8 Å². The highest BCUT2D eigenvalue weighted by Gasteiger charge is 2.40. The van der Waals surface area contributed by atoms with Gasteiger partial charge in [-0.1, -0.05) is 12.1 Å². The number of ether oxygens (including phenoxy) is 1. The first-order chi connectivity index (χ1) is 15.8. The Balaban J connectivity index is 1.50. The van der Waals surface area contributed by atoms with Crippen molar-refractivity contribution >= 4 is 29.1 Å². The number of benzene rings is 1. The van der Waals surface area contributed by atoms with E-state index in [2.05, 4.69) is 10.1 Å². The van der Waals surface area contributed by atoms with Crippen LogP contribution in [0, 0.1) is 5.92 Å². The van der Waals surface area contributed by atoms with Crippen LogP contribution in [0.5, 0.6) is 0 Å². The number of thioether (sulfide) groups is 1. The third kappa shape index (κ3) is 3.81. The van der Waals surface area contributed by atoms with Crippen molar-refractivity contribution in [1.82, 2.24) is 19.6 Å². The molecule has 11 heteroatoms. The van der Waals surface area contributed by atoms with Gasteiger partial charge < -0.3 is 10.5 Å². The highest BCUT2D eigenvalue weighted by Crippen LogP contribution is 2.52. The Labute approximate surface area is 191 Å². The molecule has 7 nitrogen and oxygen atoms in total. The Morgan fingerprint density at radius 1 is 1.24 bits per heavy atom. The lowest BCUT2D eigenvalue weighted by Gasteiger charge is -2.25. The number of halogens is 3. The molecule has 2 aliphatic rings. The van der Waals surface area contributed by atoms with Crippen LogP contribution in [0.2, 0.25) is 0 Å². The summed E-state index contributed by atoms with van der Waals surface area (Å²) in [7, 11) is 1.39. The highest BCUT2D eigenvalue weighted by atomic mass is 32.2. The summed E-state index contributed by atoms with van der Waals surface area (Å²) in [6, 6.07) is 4.28. The normalized spacial score (nSPS) is 23.0. The average Bonchev–Trinajstić information content (AvgIpc) is 3.40. The zero-order chi connectivity index (χ0) is 23.3. The number of carbonyl (C=O) groups is 1. The number of rotatable bonds is 3. The van der Waals surface area contributed by atoms with Crippen LogP contribution < -0.4 is 5.73 Å². The van der Waals surface area contributed by atoms with Gasteiger partial charge in [0.2, 0.25) is 0 Å². The van der Waals surface area contributed by atoms with Crippen LogP contribution in [-0.4, -0.2) is 32.7 Å². The molecule has 0 saturated heterocycles. The summed E-state index contributed by atoms with van der Waals surface area (Å²) in [6.45, 7) is 0. The third-order valence-electron chi connectivity index (χ3n) is 6.51. The van der Waals surface area contributed by atoms with Gasteiger partial charge in [0.1, 0.15) is 17.7 Å². The molecule has 1 aromatic carbocycles. The number of hydrogen-bond donors (Lipinski definition) is 1. The lowest BCUT2D eigenvalue weighted by molar-refractivity contribution is -0.146. The van der Waals surface area contributed by atoms with Crippen molar-refractivity contribution in [3.63, 3.8) is 0 Å². The van der Waals surface area contributed by atoms with Gasteiger partial charge in [0.05, 0.1) is 29.5 Å². The maximum Gasteiger partial charge on any atom is 0.417 e. The van der Waals surface area contributed by atoms with Crippen LogP contribution in [-0.2, 0) is 22.1 Å². The minimum absolute atomic E-state index is 0.0565. The Bertz CT molecular complexity index is 1220. The van der Waals surface area contributed by atoms with Gasteiger partial charge in [0.25, 0.3) is 0 Å². The second-order valence-corrected chi connectivity index (χ2v) is 9.65. The molecule has 0 radical (unpaired) electrons. The van der Waals surface area contributed by atoms with E-state index in [4.69, 9.17) is 15.5 Å². The fraction of sp³-hybridized carbons (Fsp3) is 0.455. The first-order valence-corrected chi connectivity index (χ1v) is 11.6. The number of esters is 1. The van der Waals surface area contributed by atoms with Crippen LogP contribution in [0.25, 0.3) is 5.52 Å². The van der Waals surface area contributed by atoms with Crippen molar-refractivity contribution in [3.8, 4) is 0 Å². The Kier molecular flexibility index (Phi) is 5.46. The molecule has 3 heterocycles. The van der Waals surface area contributed by atoms with Gasteiger partial charge in [0, 0.05) is 10.8 Å². The van der Waals surface area contributed by atoms with E-state index in [1.165, 1.54) is 31.3 Å². The smallest absolute Gasteiger partial charge is 0.417 e. The minimum atomic E-state index is -4.42. The number of alkyl halides is 3. The van der Waals surface area contributed by atoms with E-state index in [1.807, 2.05) is 0 Å². The van der Waals surface area contributed by atoms with Crippen LogP contribution in [0.3, 0.4) is 0 Å². The van der Waals surface area contributed by atoms with Crippen molar-refractivity contribution in [2.75, 3.05) is 12.8 Å². The molecule has 3 aromatic rings. The number of nitrogen functional groups attached to an aromatic ring is 1. The van der Waals surface area contributed by atoms with Crippen molar-refractivity contribution in [3.05, 3.63) is 47.2 Å². The molecular formula is C22H22F3N5O2S. The van der Waals surface area contributed by atoms with Gasteiger partial charge in [0.15, 0.2) is 5.82 Å². The standard InChI is InChI=1S/C22H22F3N5O2S/c1-32-21(31)12-7-5-11(6-8-12)20-29-16(17-19(26)27-10-28-30(17)20)15-9-13-3-2-4-14(18(13)33-15)22(23,24)25/h2-4,10-12,15H,5-9H2,1H3,(H2,26,27,28). The number of imidazole rings is 1. The largest absolute Gasteiger partial charge is 0.469 e. The predicted octanol–water partition coefficient (Wildman–Crippen LogP) is 4.56. The Morgan fingerprint density at radius 3 is 2.70 bits per heavy atom. The molecule has 33 heavy (non-hydrogen) atoms. The van der Waals surface area contributed by atoms with E-state index in [0.29, 0.717) is 41.9 Å². The molecule has 1 fully saturated rings. The summed E-state index contributed by atoms with van der Waals surface area (Å²) in [6.07, 6.45) is 0.183. The van der Waals surface area contributed by atoms with E-state index in [-0.39, 0.29) is 33.8 Å². The topological polar surface area (TPSA) is 95.4 Å². The average molecular weight is 478 g/mol. The van der Waals surface area contributed by atoms with E-state index in [9.17, 15) is 18.0 Å². The molecule has 1 saturated carbocycles. The second-order valence-electron chi connectivity index (χ2n) is 8.43. The number of methoxy groups -OCH3 is 1. The van der Waals surface area contributed by atoms with E-state index in [0.717, 1.165) is 18.9 Å². The van der Waals surface area contributed by atoms with Crippen molar-refractivity contribution in [1.29, 1.82) is 0 Å². The number of carbonyl (C=O) groups excluding carboxylic acids is 1. The molecule has 1 aliphatic heterocycles. The highest BCUT2D eigenvalue weighted by molar-refractivity contribution is 8.00. The zero-order valence-corrected chi connectivity index (χ0v) is 18.6. The molecule has 0 amide bonds. The van der Waals surface area contributed by atoms with Crippen LogP contribution in [0.15, 0.2) is 29.4 Å². The van der Waals surface area contributed by atoms with Gasteiger partial charge >= 0.3 is 12.1 Å². The van der Waals surface area contributed by atoms with Crippen LogP contribution in [0.4, 0.5) is 19.0 Å². The maximum atomic E-state index is 13.5. The van der Waals surface area contributed by atoms with Crippen molar-refractivity contribution in [2.24, 2.45) is 5.92 Å². The number of hydrogen-bond acceptors (Lipinski definition) is 7. The summed E-state index contributed by atoms with van der Waals surface area (Å²) in [5.41, 5.74) is 7.36. The quantitative estimate of drug-likeness (QED) is 0.553. The van der Waals surface area contributed by atoms with Crippen LogP contribution in [0.1, 0.15) is 59.5 Å². The molecule has 2 aromatic heterocycles. The second kappa shape index (κ2) is 8.19. The molecule has 1 unspecified atom stereocenters. The molecule has 0 spiro atoms. The summed E-state index contributed by atoms with van der Waals surface area (Å²) < 4.78 is 47.2. The fourth-order valence-corrected chi connectivity index (χ4v) is 6.33. The monoisotopic (exact) mass is 477 g/mol. The molecule has 2 N–H and O–H groups in total. The summed E-state index contributed by atoms with van der Waals surface area (Å²) in [5, 5.41) is 4.04. The summed E-state index contributed by atoms with van der Waals surface area (Å²) in [4.78, 5) is 21.1. The van der Waals surface area contributed by atoms with E-state index >= 15 is 0 Å². The molecule has 1 aliphatic carbocycles. The Hall–Kier alpha value is -2.82. The summed E-state index contributed by atoms with van der Waals surface area (Å²) >= 11 is 1.17. The molecular weight excluding hydrogens is 455 g/mol. The fourth-order valence-electron chi connectivity index (χ4n) is 4.89. The van der Waals surface area contributed by atoms with Gasteiger partial charge in [-0.15, -0.1) is 11.8 Å². The number of nitrogens with two attached hydrogens (primary N) is 1. The molecule has 1 atom stereocenters. The third-order valence-corrected chi connectivity index (χ3v) is 7.90.